The van der Waals surface area contributed by atoms with Gasteiger partial charge in [-0.05, 0) is 50.6 Å². The van der Waals surface area contributed by atoms with Gasteiger partial charge >= 0.3 is 0 Å². The summed E-state index contributed by atoms with van der Waals surface area (Å²) in [5.41, 5.74) is 0.722. The van der Waals surface area contributed by atoms with Crippen molar-refractivity contribution >= 4 is 10.0 Å². The number of hydrogen-bond donors (Lipinski definition) is 1. The normalized spacial score (nSPS) is 18.1. The van der Waals surface area contributed by atoms with Gasteiger partial charge in [-0.15, -0.1) is 0 Å². The van der Waals surface area contributed by atoms with Crippen LogP contribution in [0.5, 0.6) is 5.75 Å². The van der Waals surface area contributed by atoms with Gasteiger partial charge in [0.2, 0.25) is 10.0 Å². The lowest BCUT2D eigenvalue weighted by Crippen LogP contribution is -2.44. The van der Waals surface area contributed by atoms with Gasteiger partial charge in [0.15, 0.2) is 0 Å². The van der Waals surface area contributed by atoms with E-state index in [0.717, 1.165) is 18.4 Å². The molecule has 0 radical (unpaired) electrons. The van der Waals surface area contributed by atoms with Crippen LogP contribution in [0.2, 0.25) is 0 Å². The van der Waals surface area contributed by atoms with Crippen LogP contribution in [0.1, 0.15) is 18.4 Å². The maximum atomic E-state index is 12.7. The van der Waals surface area contributed by atoms with Gasteiger partial charge in [-0.2, -0.15) is 4.31 Å². The predicted octanol–water partition coefficient (Wildman–Crippen LogP) is 1.38. The van der Waals surface area contributed by atoms with Gasteiger partial charge in [0.05, 0.1) is 12.0 Å². The van der Waals surface area contributed by atoms with Gasteiger partial charge in [0.25, 0.3) is 0 Å². The van der Waals surface area contributed by atoms with Gasteiger partial charge in [-0.25, -0.2) is 8.42 Å². The Bertz CT molecular complexity index is 564. The molecule has 0 aromatic heterocycles. The highest BCUT2D eigenvalue weighted by atomic mass is 32.2. The molecule has 0 amide bonds. The number of ether oxygens (including phenoxy) is 1. The minimum atomic E-state index is -3.40. The minimum absolute atomic E-state index is 0.376. The molecular weight excluding hydrogens is 276 g/mol. The van der Waals surface area contributed by atoms with E-state index < -0.39 is 10.0 Å². The molecule has 1 aromatic carbocycles. The van der Waals surface area contributed by atoms with Gasteiger partial charge < -0.3 is 10.1 Å². The highest BCUT2D eigenvalue weighted by Gasteiger charge is 2.29. The highest BCUT2D eigenvalue weighted by molar-refractivity contribution is 7.89. The smallest absolute Gasteiger partial charge is 0.243 e. The zero-order valence-corrected chi connectivity index (χ0v) is 13.0. The monoisotopic (exact) mass is 298 g/mol. The summed E-state index contributed by atoms with van der Waals surface area (Å²) in [6.07, 6.45) is 1.70. The number of nitrogens with zero attached hydrogens (tertiary/aromatic N) is 1. The Kier molecular flexibility index (Phi) is 4.67. The van der Waals surface area contributed by atoms with Crippen LogP contribution in [0.15, 0.2) is 23.1 Å². The van der Waals surface area contributed by atoms with Crippen LogP contribution in [-0.2, 0) is 10.0 Å². The number of benzene rings is 1. The standard InChI is InChI=1S/C14H22N2O3S/c1-11-10-13(19-3)4-5-14(11)20(17,18)16-8-6-12(15-2)7-9-16/h4-5,10,12,15H,6-9H2,1-3H3. The molecule has 0 spiro atoms. The van der Waals surface area contributed by atoms with E-state index in [1.807, 2.05) is 7.05 Å². The lowest BCUT2D eigenvalue weighted by molar-refractivity contribution is 0.298. The molecule has 0 saturated carbocycles. The Hall–Kier alpha value is -1.11. The first-order valence-corrected chi connectivity index (χ1v) is 8.25. The fourth-order valence-corrected chi connectivity index (χ4v) is 4.24. The first-order chi connectivity index (χ1) is 9.48. The molecule has 1 N–H and O–H groups in total. The molecule has 20 heavy (non-hydrogen) atoms. The molecule has 0 bridgehead atoms. The average molecular weight is 298 g/mol. The van der Waals surface area contributed by atoms with E-state index in [1.54, 1.807) is 36.5 Å². The molecule has 1 fully saturated rings. The van der Waals surface area contributed by atoms with Crippen molar-refractivity contribution < 1.29 is 13.2 Å². The summed E-state index contributed by atoms with van der Waals surface area (Å²) >= 11 is 0. The maximum absolute atomic E-state index is 12.7. The molecule has 112 valence electrons. The number of rotatable bonds is 4. The predicted molar refractivity (Wildman–Crippen MR) is 78.6 cm³/mol. The number of hydrogen-bond acceptors (Lipinski definition) is 4. The van der Waals surface area contributed by atoms with Crippen molar-refractivity contribution in [1.29, 1.82) is 0 Å². The highest BCUT2D eigenvalue weighted by Crippen LogP contribution is 2.26. The van der Waals surface area contributed by atoms with Gasteiger partial charge in [0.1, 0.15) is 5.75 Å². The molecule has 2 rings (SSSR count). The Morgan fingerprint density at radius 2 is 1.95 bits per heavy atom. The Morgan fingerprint density at radius 1 is 1.30 bits per heavy atom. The number of nitrogens with one attached hydrogen (secondary N) is 1. The second-order valence-electron chi connectivity index (χ2n) is 5.10. The Morgan fingerprint density at radius 3 is 2.45 bits per heavy atom. The maximum Gasteiger partial charge on any atom is 0.243 e. The second-order valence-corrected chi connectivity index (χ2v) is 7.00. The summed E-state index contributed by atoms with van der Waals surface area (Å²) in [5.74, 6) is 0.676. The van der Waals surface area contributed by atoms with Crippen molar-refractivity contribution in [3.63, 3.8) is 0 Å². The molecule has 5 nitrogen and oxygen atoms in total. The first kappa shape index (κ1) is 15.3. The zero-order valence-electron chi connectivity index (χ0n) is 12.2. The Balaban J connectivity index is 2.23. The quantitative estimate of drug-likeness (QED) is 0.912. The summed E-state index contributed by atoms with van der Waals surface area (Å²) in [6.45, 7) is 2.94. The third kappa shape index (κ3) is 2.97. The first-order valence-electron chi connectivity index (χ1n) is 6.81. The number of aryl methyl sites for hydroxylation is 1. The van der Waals surface area contributed by atoms with Crippen LogP contribution in [-0.4, -0.2) is 46.0 Å². The molecule has 1 saturated heterocycles. The SMILES string of the molecule is CNC1CCN(S(=O)(=O)c2ccc(OC)cc2C)CC1. The van der Waals surface area contributed by atoms with E-state index >= 15 is 0 Å². The van der Waals surface area contributed by atoms with E-state index in [4.69, 9.17) is 4.74 Å². The molecule has 0 unspecified atom stereocenters. The third-order valence-electron chi connectivity index (χ3n) is 3.86. The van der Waals surface area contributed by atoms with Crippen molar-refractivity contribution in [2.45, 2.75) is 30.7 Å². The Labute approximate surface area is 121 Å². The van der Waals surface area contributed by atoms with Crippen molar-refractivity contribution in [2.75, 3.05) is 27.2 Å². The van der Waals surface area contributed by atoms with Crippen LogP contribution in [0, 0.1) is 6.92 Å². The third-order valence-corrected chi connectivity index (χ3v) is 5.92. The van der Waals surface area contributed by atoms with E-state index in [2.05, 4.69) is 5.32 Å². The van der Waals surface area contributed by atoms with Crippen molar-refractivity contribution in [1.82, 2.24) is 9.62 Å². The second kappa shape index (κ2) is 6.11. The van der Waals surface area contributed by atoms with Crippen LogP contribution in [0.3, 0.4) is 0 Å². The molecule has 0 atom stereocenters. The van der Waals surface area contributed by atoms with Gasteiger partial charge in [-0.3, -0.25) is 0 Å². The molecule has 1 heterocycles. The van der Waals surface area contributed by atoms with E-state index in [1.165, 1.54) is 0 Å². The average Bonchev–Trinajstić information content (AvgIpc) is 2.46. The van der Waals surface area contributed by atoms with Crippen LogP contribution in [0.25, 0.3) is 0 Å². The summed E-state index contributed by atoms with van der Waals surface area (Å²) in [7, 11) is 0.0946. The summed E-state index contributed by atoms with van der Waals surface area (Å²) in [6, 6.07) is 5.50. The molecular formula is C14H22N2O3S. The molecule has 0 aliphatic carbocycles. The minimum Gasteiger partial charge on any atom is -0.497 e. The summed E-state index contributed by atoms with van der Waals surface area (Å²) in [4.78, 5) is 0.376. The van der Waals surface area contributed by atoms with Crippen molar-refractivity contribution in [3.05, 3.63) is 23.8 Å². The largest absolute Gasteiger partial charge is 0.497 e. The van der Waals surface area contributed by atoms with Gasteiger partial charge in [-0.1, -0.05) is 0 Å². The number of piperidine rings is 1. The van der Waals surface area contributed by atoms with Crippen LogP contribution in [0.4, 0.5) is 0 Å². The topological polar surface area (TPSA) is 58.6 Å². The van der Waals surface area contributed by atoms with E-state index in [0.29, 0.717) is 29.8 Å². The fraction of sp³-hybridized carbons (Fsp3) is 0.571. The number of sulfonamides is 1. The lowest BCUT2D eigenvalue weighted by atomic mass is 10.1. The van der Waals surface area contributed by atoms with Gasteiger partial charge in [0, 0.05) is 19.1 Å². The van der Waals surface area contributed by atoms with E-state index in [9.17, 15) is 8.42 Å². The fourth-order valence-electron chi connectivity index (χ4n) is 2.56. The number of methoxy groups -OCH3 is 1. The molecule has 1 aliphatic rings. The van der Waals surface area contributed by atoms with Crippen molar-refractivity contribution in [2.24, 2.45) is 0 Å². The lowest BCUT2D eigenvalue weighted by Gasteiger charge is -2.31. The van der Waals surface area contributed by atoms with Crippen LogP contribution >= 0.6 is 0 Å². The van der Waals surface area contributed by atoms with Crippen molar-refractivity contribution in [3.8, 4) is 5.75 Å². The summed E-state index contributed by atoms with van der Waals surface area (Å²) in [5, 5.41) is 3.20. The van der Waals surface area contributed by atoms with E-state index in [-0.39, 0.29) is 0 Å². The molecule has 6 heteroatoms. The molecule has 1 aromatic rings. The zero-order chi connectivity index (χ0) is 14.8. The molecule has 1 aliphatic heterocycles. The van der Waals surface area contributed by atoms with Crippen LogP contribution < -0.4 is 10.1 Å². The summed E-state index contributed by atoms with van der Waals surface area (Å²) < 4.78 is 32.0.